The minimum atomic E-state index is 0.0977. The molecular weight excluding hydrogens is 106 g/mol. The lowest BCUT2D eigenvalue weighted by atomic mass is 10.5. The maximum Gasteiger partial charge on any atom is 0.196 e. The molecule has 1 aromatic rings. The number of hydrogen-bond acceptors (Lipinski definition) is 3. The molecule has 0 bridgehead atoms. The Bertz CT molecular complexity index is 136. The van der Waals surface area contributed by atoms with Crippen LogP contribution in [0.5, 0.6) is 0 Å². The van der Waals surface area contributed by atoms with Crippen molar-refractivity contribution in [2.75, 3.05) is 6.61 Å². The molecule has 0 aliphatic heterocycles. The average Bonchev–Trinajstić information content (AvgIpc) is 2.19. The van der Waals surface area contributed by atoms with Gasteiger partial charge in [0.1, 0.15) is 6.26 Å². The van der Waals surface area contributed by atoms with Crippen LogP contribution < -0.4 is 0 Å². The van der Waals surface area contributed by atoms with Crippen LogP contribution in [0.25, 0.3) is 0 Å². The molecule has 3 nitrogen and oxygen atoms in total. The van der Waals surface area contributed by atoms with Gasteiger partial charge in [0.05, 0.1) is 12.8 Å². The second kappa shape index (κ2) is 2.47. The molecule has 0 aliphatic carbocycles. The van der Waals surface area contributed by atoms with Crippen molar-refractivity contribution in [3.8, 4) is 0 Å². The molecule has 1 heterocycles. The van der Waals surface area contributed by atoms with Gasteiger partial charge in [0.15, 0.2) is 5.89 Å². The highest BCUT2D eigenvalue weighted by Gasteiger charge is 1.91. The maximum atomic E-state index is 8.34. The topological polar surface area (TPSA) is 46.3 Å². The lowest BCUT2D eigenvalue weighted by Crippen LogP contribution is -1.88. The first-order valence-electron chi connectivity index (χ1n) is 2.42. The summed E-state index contributed by atoms with van der Waals surface area (Å²) in [7, 11) is 0. The van der Waals surface area contributed by atoms with E-state index in [0.717, 1.165) is 0 Å². The number of rotatable bonds is 2. The molecule has 0 saturated heterocycles. The second-order valence-corrected chi connectivity index (χ2v) is 1.40. The highest BCUT2D eigenvalue weighted by molar-refractivity contribution is 4.78. The molecule has 0 amide bonds. The van der Waals surface area contributed by atoms with E-state index in [4.69, 9.17) is 9.52 Å². The summed E-state index contributed by atoms with van der Waals surface area (Å²) < 4.78 is 4.80. The van der Waals surface area contributed by atoms with Crippen molar-refractivity contribution < 1.29 is 9.52 Å². The summed E-state index contributed by atoms with van der Waals surface area (Å²) in [6.07, 6.45) is 3.56. The SMILES string of the molecule is OCCc1ncco1. The van der Waals surface area contributed by atoms with E-state index in [0.29, 0.717) is 12.3 Å². The van der Waals surface area contributed by atoms with Gasteiger partial charge in [0.2, 0.25) is 0 Å². The zero-order chi connectivity index (χ0) is 5.82. The Morgan fingerprint density at radius 3 is 3.12 bits per heavy atom. The summed E-state index contributed by atoms with van der Waals surface area (Å²) in [6, 6.07) is 0. The lowest BCUT2D eigenvalue weighted by molar-refractivity contribution is 0.285. The Kier molecular flexibility index (Phi) is 1.64. The third-order valence-electron chi connectivity index (χ3n) is 0.809. The lowest BCUT2D eigenvalue weighted by Gasteiger charge is -1.83. The van der Waals surface area contributed by atoms with Gasteiger partial charge in [-0.1, -0.05) is 0 Å². The van der Waals surface area contributed by atoms with E-state index in [-0.39, 0.29) is 6.61 Å². The third kappa shape index (κ3) is 1.07. The molecule has 0 aromatic carbocycles. The molecule has 0 saturated carbocycles. The molecule has 1 rings (SSSR count). The molecule has 1 N–H and O–H groups in total. The van der Waals surface area contributed by atoms with Crippen molar-refractivity contribution in [3.05, 3.63) is 18.4 Å². The summed E-state index contributed by atoms with van der Waals surface area (Å²) in [5.41, 5.74) is 0. The first kappa shape index (κ1) is 5.31. The van der Waals surface area contributed by atoms with Crippen LogP contribution in [-0.2, 0) is 6.42 Å². The van der Waals surface area contributed by atoms with E-state index in [9.17, 15) is 0 Å². The molecule has 1 aromatic heterocycles. The largest absolute Gasteiger partial charge is 0.449 e. The van der Waals surface area contributed by atoms with Crippen molar-refractivity contribution in [1.29, 1.82) is 0 Å². The Balaban J connectivity index is 2.50. The molecule has 8 heavy (non-hydrogen) atoms. The fraction of sp³-hybridized carbons (Fsp3) is 0.400. The third-order valence-corrected chi connectivity index (χ3v) is 0.809. The van der Waals surface area contributed by atoms with Crippen molar-refractivity contribution >= 4 is 0 Å². The first-order valence-corrected chi connectivity index (χ1v) is 2.42. The molecule has 0 radical (unpaired) electrons. The van der Waals surface area contributed by atoms with Gasteiger partial charge in [-0.3, -0.25) is 0 Å². The van der Waals surface area contributed by atoms with E-state index in [1.54, 1.807) is 6.20 Å². The fourth-order valence-electron chi connectivity index (χ4n) is 0.472. The van der Waals surface area contributed by atoms with Crippen LogP contribution in [0.4, 0.5) is 0 Å². The van der Waals surface area contributed by atoms with Crippen LogP contribution in [0, 0.1) is 0 Å². The van der Waals surface area contributed by atoms with E-state index in [2.05, 4.69) is 4.98 Å². The number of aliphatic hydroxyl groups excluding tert-OH is 1. The van der Waals surface area contributed by atoms with Crippen LogP contribution in [-0.4, -0.2) is 16.7 Å². The number of aliphatic hydroxyl groups is 1. The zero-order valence-electron chi connectivity index (χ0n) is 4.37. The zero-order valence-corrected chi connectivity index (χ0v) is 4.37. The van der Waals surface area contributed by atoms with Crippen LogP contribution in [0.2, 0.25) is 0 Å². The highest BCUT2D eigenvalue weighted by Crippen LogP contribution is 1.92. The van der Waals surface area contributed by atoms with Crippen LogP contribution in [0.1, 0.15) is 5.89 Å². The first-order chi connectivity index (χ1) is 3.93. The van der Waals surface area contributed by atoms with Crippen molar-refractivity contribution in [1.82, 2.24) is 4.98 Å². The van der Waals surface area contributed by atoms with Gasteiger partial charge >= 0.3 is 0 Å². The Labute approximate surface area is 47.0 Å². The van der Waals surface area contributed by atoms with Crippen molar-refractivity contribution in [2.45, 2.75) is 6.42 Å². The average molecular weight is 113 g/mol. The van der Waals surface area contributed by atoms with E-state index >= 15 is 0 Å². The molecule has 0 fully saturated rings. The van der Waals surface area contributed by atoms with Crippen molar-refractivity contribution in [2.24, 2.45) is 0 Å². The smallest absolute Gasteiger partial charge is 0.196 e. The minimum Gasteiger partial charge on any atom is -0.449 e. The molecule has 0 aliphatic rings. The number of aromatic nitrogens is 1. The predicted octanol–water partition coefficient (Wildman–Crippen LogP) is 0.209. The van der Waals surface area contributed by atoms with Gasteiger partial charge in [-0.2, -0.15) is 0 Å². The molecule has 44 valence electrons. The Morgan fingerprint density at radius 2 is 2.62 bits per heavy atom. The van der Waals surface area contributed by atoms with Gasteiger partial charge in [0, 0.05) is 6.42 Å². The molecular formula is C5H7NO2. The molecule has 3 heteroatoms. The minimum absolute atomic E-state index is 0.0977. The van der Waals surface area contributed by atoms with Gasteiger partial charge in [-0.25, -0.2) is 4.98 Å². The molecule has 0 atom stereocenters. The normalized spacial score (nSPS) is 9.62. The van der Waals surface area contributed by atoms with Crippen LogP contribution in [0.3, 0.4) is 0 Å². The number of oxazole rings is 1. The van der Waals surface area contributed by atoms with Crippen LogP contribution in [0.15, 0.2) is 16.9 Å². The van der Waals surface area contributed by atoms with Gasteiger partial charge in [0.25, 0.3) is 0 Å². The monoisotopic (exact) mass is 113 g/mol. The number of hydrogen-bond donors (Lipinski definition) is 1. The highest BCUT2D eigenvalue weighted by atomic mass is 16.3. The van der Waals surface area contributed by atoms with Crippen molar-refractivity contribution in [3.63, 3.8) is 0 Å². The second-order valence-electron chi connectivity index (χ2n) is 1.40. The van der Waals surface area contributed by atoms with E-state index < -0.39 is 0 Å². The van der Waals surface area contributed by atoms with E-state index in [1.165, 1.54) is 6.26 Å². The summed E-state index contributed by atoms with van der Waals surface area (Å²) in [5, 5.41) is 8.34. The summed E-state index contributed by atoms with van der Waals surface area (Å²) in [5.74, 6) is 0.590. The van der Waals surface area contributed by atoms with Crippen LogP contribution >= 0.6 is 0 Å². The van der Waals surface area contributed by atoms with Gasteiger partial charge in [-0.15, -0.1) is 0 Å². The summed E-state index contributed by atoms with van der Waals surface area (Å²) in [4.78, 5) is 3.78. The van der Waals surface area contributed by atoms with Gasteiger partial charge < -0.3 is 9.52 Å². The fourth-order valence-corrected chi connectivity index (χ4v) is 0.472. The quantitative estimate of drug-likeness (QED) is 0.596. The summed E-state index contributed by atoms with van der Waals surface area (Å²) >= 11 is 0. The molecule has 0 unspecified atom stereocenters. The molecule has 0 spiro atoms. The summed E-state index contributed by atoms with van der Waals surface area (Å²) in [6.45, 7) is 0.0977. The van der Waals surface area contributed by atoms with Gasteiger partial charge in [-0.05, 0) is 0 Å². The van der Waals surface area contributed by atoms with E-state index in [1.807, 2.05) is 0 Å². The Morgan fingerprint density at radius 1 is 1.75 bits per heavy atom. The standard InChI is InChI=1S/C5H7NO2/c7-3-1-5-6-2-4-8-5/h2,4,7H,1,3H2. The number of nitrogens with zero attached hydrogens (tertiary/aromatic N) is 1. The predicted molar refractivity (Wildman–Crippen MR) is 27.3 cm³/mol. The Hall–Kier alpha value is -0.830. The maximum absolute atomic E-state index is 8.34.